The van der Waals surface area contributed by atoms with Crippen LogP contribution in [0.15, 0.2) is 58.1 Å². The maximum absolute atomic E-state index is 13.6. The van der Waals surface area contributed by atoms with Gasteiger partial charge in [0.15, 0.2) is 0 Å². The summed E-state index contributed by atoms with van der Waals surface area (Å²) in [6.07, 6.45) is -0.472. The molecule has 2 aromatic heterocycles. The summed E-state index contributed by atoms with van der Waals surface area (Å²) in [6, 6.07) is 15.1. The molecule has 8 heteroatoms. The van der Waals surface area contributed by atoms with Crippen molar-refractivity contribution < 1.29 is 9.47 Å². The SMILES string of the molecule is COc1ccc(C2OCC(C)(C)n3c(-c4ccc(Cl)cc4)c4c(=O)n(C)c(=O)n(C)c4c32)cc1. The summed E-state index contributed by atoms with van der Waals surface area (Å²) in [5, 5.41) is 1.09. The number of methoxy groups -OCH3 is 1. The minimum Gasteiger partial charge on any atom is -0.497 e. The summed E-state index contributed by atoms with van der Waals surface area (Å²) in [7, 11) is 4.83. The lowest BCUT2D eigenvalue weighted by Gasteiger charge is -2.39. The summed E-state index contributed by atoms with van der Waals surface area (Å²) in [6.45, 7) is 4.57. The van der Waals surface area contributed by atoms with Crippen molar-refractivity contribution in [3.05, 3.63) is 85.6 Å². The first-order chi connectivity index (χ1) is 16.2. The number of halogens is 1. The molecule has 1 aliphatic heterocycles. The number of aromatic nitrogens is 3. The third-order valence-electron chi connectivity index (χ3n) is 6.60. The molecule has 4 aromatic rings. The van der Waals surface area contributed by atoms with Crippen molar-refractivity contribution in [2.75, 3.05) is 13.7 Å². The van der Waals surface area contributed by atoms with E-state index in [4.69, 9.17) is 21.1 Å². The van der Waals surface area contributed by atoms with E-state index in [0.29, 0.717) is 22.5 Å². The van der Waals surface area contributed by atoms with E-state index in [0.717, 1.165) is 32.8 Å². The lowest BCUT2D eigenvalue weighted by Crippen LogP contribution is -2.40. The Balaban J connectivity index is 1.96. The van der Waals surface area contributed by atoms with Crippen LogP contribution in [0.1, 0.15) is 31.2 Å². The normalized spacial score (nSPS) is 17.1. The minimum atomic E-state index is -0.479. The molecule has 0 bridgehead atoms. The molecular formula is C26H26ClN3O4. The fourth-order valence-corrected chi connectivity index (χ4v) is 5.04. The predicted octanol–water partition coefficient (Wildman–Crippen LogP) is 4.22. The second kappa shape index (κ2) is 7.89. The van der Waals surface area contributed by atoms with Gasteiger partial charge in [-0.2, -0.15) is 0 Å². The molecule has 176 valence electrons. The van der Waals surface area contributed by atoms with Gasteiger partial charge in [-0.15, -0.1) is 0 Å². The van der Waals surface area contributed by atoms with E-state index in [1.54, 1.807) is 18.7 Å². The zero-order chi connectivity index (χ0) is 24.4. The largest absolute Gasteiger partial charge is 0.497 e. The number of aryl methyl sites for hydroxylation is 1. The summed E-state index contributed by atoms with van der Waals surface area (Å²) in [5.41, 5.74) is 2.66. The number of rotatable bonds is 3. The highest BCUT2D eigenvalue weighted by atomic mass is 35.5. The van der Waals surface area contributed by atoms with Gasteiger partial charge in [-0.05, 0) is 49.2 Å². The maximum atomic E-state index is 13.6. The van der Waals surface area contributed by atoms with Crippen LogP contribution in [-0.2, 0) is 24.4 Å². The second-order valence-electron chi connectivity index (χ2n) is 9.28. The lowest BCUT2D eigenvalue weighted by atomic mass is 9.98. The summed E-state index contributed by atoms with van der Waals surface area (Å²) in [4.78, 5) is 26.6. The van der Waals surface area contributed by atoms with E-state index in [1.165, 1.54) is 7.05 Å². The Morgan fingerprint density at radius 1 is 1.00 bits per heavy atom. The Morgan fingerprint density at radius 3 is 2.26 bits per heavy atom. The van der Waals surface area contributed by atoms with Crippen LogP contribution in [-0.4, -0.2) is 27.4 Å². The van der Waals surface area contributed by atoms with Gasteiger partial charge in [0.25, 0.3) is 5.56 Å². The number of benzene rings is 2. The van der Waals surface area contributed by atoms with Gasteiger partial charge in [-0.25, -0.2) is 4.79 Å². The van der Waals surface area contributed by atoms with E-state index in [1.807, 2.05) is 48.5 Å². The quantitative estimate of drug-likeness (QED) is 0.441. The van der Waals surface area contributed by atoms with Gasteiger partial charge >= 0.3 is 5.69 Å². The number of hydrogen-bond acceptors (Lipinski definition) is 4. The molecule has 34 heavy (non-hydrogen) atoms. The molecule has 1 unspecified atom stereocenters. The first kappa shape index (κ1) is 22.5. The molecule has 0 spiro atoms. The van der Waals surface area contributed by atoms with E-state index >= 15 is 0 Å². The van der Waals surface area contributed by atoms with Crippen molar-refractivity contribution in [1.29, 1.82) is 0 Å². The fraction of sp³-hybridized carbons (Fsp3) is 0.308. The molecule has 0 N–H and O–H groups in total. The molecule has 0 radical (unpaired) electrons. The lowest BCUT2D eigenvalue weighted by molar-refractivity contribution is -0.00708. The van der Waals surface area contributed by atoms with Crippen molar-refractivity contribution in [3.63, 3.8) is 0 Å². The summed E-state index contributed by atoms with van der Waals surface area (Å²) < 4.78 is 16.6. The number of nitrogens with zero attached hydrogens (tertiary/aromatic N) is 3. The molecule has 7 nitrogen and oxygen atoms in total. The van der Waals surface area contributed by atoms with Crippen LogP contribution >= 0.6 is 11.6 Å². The van der Waals surface area contributed by atoms with Gasteiger partial charge in [0.2, 0.25) is 0 Å². The smallest absolute Gasteiger partial charge is 0.331 e. The van der Waals surface area contributed by atoms with Crippen LogP contribution in [0, 0.1) is 0 Å². The van der Waals surface area contributed by atoms with Gasteiger partial charge in [0.1, 0.15) is 11.9 Å². The van der Waals surface area contributed by atoms with Crippen molar-refractivity contribution in [2.45, 2.75) is 25.5 Å². The van der Waals surface area contributed by atoms with Crippen LogP contribution in [0.4, 0.5) is 0 Å². The van der Waals surface area contributed by atoms with Gasteiger partial charge < -0.3 is 14.0 Å². The zero-order valence-electron chi connectivity index (χ0n) is 19.8. The highest BCUT2D eigenvalue weighted by Crippen LogP contribution is 2.45. The average Bonchev–Trinajstić information content (AvgIpc) is 3.20. The molecule has 2 aromatic carbocycles. The molecule has 0 saturated heterocycles. The average molecular weight is 480 g/mol. The predicted molar refractivity (Wildman–Crippen MR) is 133 cm³/mol. The molecule has 5 rings (SSSR count). The molecule has 0 saturated carbocycles. The van der Waals surface area contributed by atoms with Crippen LogP contribution in [0.2, 0.25) is 5.02 Å². The molecule has 0 amide bonds. The van der Waals surface area contributed by atoms with Gasteiger partial charge in [-0.1, -0.05) is 35.9 Å². The first-order valence-electron chi connectivity index (χ1n) is 11.0. The Bertz CT molecular complexity index is 1530. The van der Waals surface area contributed by atoms with E-state index in [2.05, 4.69) is 18.4 Å². The third kappa shape index (κ3) is 3.22. The Kier molecular flexibility index (Phi) is 5.22. The Morgan fingerprint density at radius 2 is 1.65 bits per heavy atom. The molecular weight excluding hydrogens is 454 g/mol. The van der Waals surface area contributed by atoms with Crippen LogP contribution in [0.3, 0.4) is 0 Å². The standard InChI is InChI=1S/C26H26ClN3O4/c1-26(2)14-34-23(16-8-12-18(33-5)13-9-16)22-21-19(24(31)29(4)25(32)28(21)3)20(30(22)26)15-6-10-17(27)11-7-15/h6-13,23H,14H2,1-5H3. The first-order valence-corrected chi connectivity index (χ1v) is 11.4. The van der Waals surface area contributed by atoms with Crippen LogP contribution < -0.4 is 16.0 Å². The maximum Gasteiger partial charge on any atom is 0.331 e. The fourth-order valence-electron chi connectivity index (χ4n) is 4.91. The molecule has 1 aliphatic rings. The molecule has 0 aliphatic carbocycles. The number of hydrogen-bond donors (Lipinski definition) is 0. The van der Waals surface area contributed by atoms with Gasteiger partial charge in [0.05, 0.1) is 41.5 Å². The number of ether oxygens (including phenoxy) is 2. The summed E-state index contributed by atoms with van der Waals surface area (Å²) >= 11 is 6.17. The van der Waals surface area contributed by atoms with Crippen LogP contribution in [0.25, 0.3) is 22.2 Å². The van der Waals surface area contributed by atoms with Crippen molar-refractivity contribution in [3.8, 4) is 17.0 Å². The van der Waals surface area contributed by atoms with Gasteiger partial charge in [0, 0.05) is 19.1 Å². The minimum absolute atomic E-state index is 0.339. The summed E-state index contributed by atoms with van der Waals surface area (Å²) in [5.74, 6) is 0.739. The highest BCUT2D eigenvalue weighted by Gasteiger charge is 2.40. The Hall–Kier alpha value is -3.29. The van der Waals surface area contributed by atoms with E-state index < -0.39 is 11.6 Å². The molecule has 0 fully saturated rings. The second-order valence-corrected chi connectivity index (χ2v) is 9.72. The van der Waals surface area contributed by atoms with Crippen molar-refractivity contribution in [2.24, 2.45) is 14.1 Å². The Labute approximate surface area is 201 Å². The number of fused-ring (bicyclic) bond motifs is 3. The van der Waals surface area contributed by atoms with Crippen molar-refractivity contribution >= 4 is 22.5 Å². The van der Waals surface area contributed by atoms with Crippen LogP contribution in [0.5, 0.6) is 5.75 Å². The molecule has 3 heterocycles. The zero-order valence-corrected chi connectivity index (χ0v) is 20.5. The van der Waals surface area contributed by atoms with E-state index in [9.17, 15) is 9.59 Å². The van der Waals surface area contributed by atoms with E-state index in [-0.39, 0.29) is 11.2 Å². The monoisotopic (exact) mass is 479 g/mol. The van der Waals surface area contributed by atoms with Gasteiger partial charge in [-0.3, -0.25) is 13.9 Å². The van der Waals surface area contributed by atoms with Crippen molar-refractivity contribution in [1.82, 2.24) is 13.7 Å². The third-order valence-corrected chi connectivity index (χ3v) is 6.85. The topological polar surface area (TPSA) is 67.4 Å². The molecule has 1 atom stereocenters. The highest BCUT2D eigenvalue weighted by molar-refractivity contribution is 6.30.